The van der Waals surface area contributed by atoms with Gasteiger partial charge in [-0.2, -0.15) is 0 Å². The Morgan fingerprint density at radius 2 is 2.16 bits per heavy atom. The smallest absolute Gasteiger partial charge is 0.0727 e. The lowest BCUT2D eigenvalue weighted by Gasteiger charge is -2.13. The van der Waals surface area contributed by atoms with Crippen LogP contribution in [0.2, 0.25) is 0 Å². The van der Waals surface area contributed by atoms with Gasteiger partial charge in [0.2, 0.25) is 0 Å². The maximum absolute atomic E-state index is 6.01. The van der Waals surface area contributed by atoms with Gasteiger partial charge in [-0.3, -0.25) is 4.98 Å². The molecule has 3 nitrogen and oxygen atoms in total. The number of para-hydroxylation sites is 1. The summed E-state index contributed by atoms with van der Waals surface area (Å²) in [6.07, 6.45) is 3.48. The first kappa shape index (κ1) is 12.6. The van der Waals surface area contributed by atoms with Crippen molar-refractivity contribution in [2.45, 2.75) is 44.9 Å². The SMILES string of the molecule is Cc1cc(COC2CCC(N)C2)c2ccccc2n1. The Balaban J connectivity index is 1.80. The van der Waals surface area contributed by atoms with Crippen LogP contribution in [0.4, 0.5) is 0 Å². The summed E-state index contributed by atoms with van der Waals surface area (Å²) >= 11 is 0. The van der Waals surface area contributed by atoms with E-state index in [9.17, 15) is 0 Å². The van der Waals surface area contributed by atoms with E-state index in [2.05, 4.69) is 23.2 Å². The fraction of sp³-hybridized carbons (Fsp3) is 0.438. The predicted octanol–water partition coefficient (Wildman–Crippen LogP) is 2.94. The molecule has 1 saturated carbocycles. The predicted molar refractivity (Wildman–Crippen MR) is 76.9 cm³/mol. The minimum atomic E-state index is 0.320. The van der Waals surface area contributed by atoms with E-state index in [4.69, 9.17) is 10.5 Å². The van der Waals surface area contributed by atoms with Gasteiger partial charge in [0, 0.05) is 17.1 Å². The number of hydrogen-bond acceptors (Lipinski definition) is 3. The standard InChI is InChI=1S/C16H20N2O/c1-11-8-12(10-19-14-7-6-13(17)9-14)15-4-2-3-5-16(15)18-11/h2-5,8,13-14H,6-7,9-10,17H2,1H3. The van der Waals surface area contributed by atoms with E-state index < -0.39 is 0 Å². The number of rotatable bonds is 3. The summed E-state index contributed by atoms with van der Waals surface area (Å²) in [5.41, 5.74) is 9.23. The Hall–Kier alpha value is -1.45. The minimum absolute atomic E-state index is 0.320. The third-order valence-electron chi connectivity index (χ3n) is 3.83. The summed E-state index contributed by atoms with van der Waals surface area (Å²) in [6.45, 7) is 2.68. The number of hydrogen-bond donors (Lipinski definition) is 1. The van der Waals surface area contributed by atoms with Crippen molar-refractivity contribution in [2.24, 2.45) is 5.73 Å². The summed E-state index contributed by atoms with van der Waals surface area (Å²) in [7, 11) is 0. The molecule has 2 aromatic rings. The number of ether oxygens (including phenoxy) is 1. The Labute approximate surface area is 113 Å². The van der Waals surface area contributed by atoms with Gasteiger partial charge in [-0.1, -0.05) is 18.2 Å². The number of benzene rings is 1. The van der Waals surface area contributed by atoms with Crippen molar-refractivity contribution in [3.63, 3.8) is 0 Å². The van der Waals surface area contributed by atoms with Crippen molar-refractivity contribution in [3.05, 3.63) is 41.6 Å². The molecule has 1 aliphatic carbocycles. The summed E-state index contributed by atoms with van der Waals surface area (Å²) < 4.78 is 6.01. The number of fused-ring (bicyclic) bond motifs is 1. The van der Waals surface area contributed by atoms with E-state index in [0.717, 1.165) is 30.5 Å². The molecule has 0 aliphatic heterocycles. The molecule has 2 N–H and O–H groups in total. The van der Waals surface area contributed by atoms with Gasteiger partial charge in [0.25, 0.3) is 0 Å². The second kappa shape index (κ2) is 5.27. The van der Waals surface area contributed by atoms with Crippen molar-refractivity contribution < 1.29 is 4.74 Å². The fourth-order valence-corrected chi connectivity index (χ4v) is 2.85. The van der Waals surface area contributed by atoms with Gasteiger partial charge >= 0.3 is 0 Å². The first-order chi connectivity index (χ1) is 9.22. The third kappa shape index (κ3) is 2.77. The van der Waals surface area contributed by atoms with E-state index in [0.29, 0.717) is 18.8 Å². The molecule has 0 saturated heterocycles. The molecule has 0 bridgehead atoms. The minimum Gasteiger partial charge on any atom is -0.373 e. The molecule has 2 unspecified atom stereocenters. The Kier molecular flexibility index (Phi) is 3.49. The lowest BCUT2D eigenvalue weighted by Crippen LogP contribution is -2.17. The van der Waals surface area contributed by atoms with Crippen LogP contribution in [0.1, 0.15) is 30.5 Å². The molecule has 0 amide bonds. The van der Waals surface area contributed by atoms with E-state index in [1.54, 1.807) is 0 Å². The van der Waals surface area contributed by atoms with Crippen molar-refractivity contribution in [2.75, 3.05) is 0 Å². The van der Waals surface area contributed by atoms with Gasteiger partial charge in [0.15, 0.2) is 0 Å². The number of aryl methyl sites for hydroxylation is 1. The van der Waals surface area contributed by atoms with Gasteiger partial charge in [-0.25, -0.2) is 0 Å². The van der Waals surface area contributed by atoms with Gasteiger partial charge in [0.05, 0.1) is 18.2 Å². The van der Waals surface area contributed by atoms with Crippen molar-refractivity contribution >= 4 is 10.9 Å². The zero-order chi connectivity index (χ0) is 13.2. The quantitative estimate of drug-likeness (QED) is 0.918. The number of aromatic nitrogens is 1. The highest BCUT2D eigenvalue weighted by molar-refractivity contribution is 5.82. The summed E-state index contributed by atoms with van der Waals surface area (Å²) in [5, 5.41) is 1.19. The Morgan fingerprint density at radius 3 is 2.95 bits per heavy atom. The highest BCUT2D eigenvalue weighted by atomic mass is 16.5. The van der Waals surface area contributed by atoms with Crippen molar-refractivity contribution in [1.82, 2.24) is 4.98 Å². The summed E-state index contributed by atoms with van der Waals surface area (Å²) in [5.74, 6) is 0. The molecule has 0 radical (unpaired) electrons. The monoisotopic (exact) mass is 256 g/mol. The second-order valence-corrected chi connectivity index (χ2v) is 5.45. The molecular formula is C16H20N2O. The molecule has 100 valence electrons. The summed E-state index contributed by atoms with van der Waals surface area (Å²) in [6, 6.07) is 10.7. The number of nitrogens with zero attached hydrogens (tertiary/aromatic N) is 1. The molecular weight excluding hydrogens is 236 g/mol. The molecule has 0 spiro atoms. The van der Waals surface area contributed by atoms with Crippen LogP contribution in [-0.4, -0.2) is 17.1 Å². The van der Waals surface area contributed by atoms with Crippen LogP contribution < -0.4 is 5.73 Å². The second-order valence-electron chi connectivity index (χ2n) is 5.45. The first-order valence-corrected chi connectivity index (χ1v) is 6.95. The number of pyridine rings is 1. The average molecular weight is 256 g/mol. The lowest BCUT2D eigenvalue weighted by atomic mass is 10.1. The molecule has 1 heterocycles. The topological polar surface area (TPSA) is 48.1 Å². The molecule has 19 heavy (non-hydrogen) atoms. The van der Waals surface area contributed by atoms with E-state index in [1.807, 2.05) is 19.1 Å². The van der Waals surface area contributed by atoms with Crippen molar-refractivity contribution in [3.8, 4) is 0 Å². The molecule has 1 aliphatic rings. The molecule has 1 aromatic carbocycles. The maximum Gasteiger partial charge on any atom is 0.0727 e. The number of nitrogens with two attached hydrogens (primary N) is 1. The van der Waals surface area contributed by atoms with Crippen LogP contribution in [0.25, 0.3) is 10.9 Å². The van der Waals surface area contributed by atoms with E-state index >= 15 is 0 Å². The molecule has 1 fully saturated rings. The molecule has 2 atom stereocenters. The zero-order valence-corrected chi connectivity index (χ0v) is 11.3. The maximum atomic E-state index is 6.01. The highest BCUT2D eigenvalue weighted by Crippen LogP contribution is 2.24. The van der Waals surface area contributed by atoms with E-state index in [1.165, 1.54) is 10.9 Å². The summed E-state index contributed by atoms with van der Waals surface area (Å²) in [4.78, 5) is 4.55. The first-order valence-electron chi connectivity index (χ1n) is 6.95. The van der Waals surface area contributed by atoms with Gasteiger partial charge < -0.3 is 10.5 Å². The van der Waals surface area contributed by atoms with Gasteiger partial charge in [-0.05, 0) is 43.9 Å². The largest absolute Gasteiger partial charge is 0.373 e. The van der Waals surface area contributed by atoms with Crippen molar-refractivity contribution in [1.29, 1.82) is 0 Å². The molecule has 3 rings (SSSR count). The lowest BCUT2D eigenvalue weighted by molar-refractivity contribution is 0.0454. The Bertz CT molecular complexity index is 582. The highest BCUT2D eigenvalue weighted by Gasteiger charge is 2.22. The van der Waals surface area contributed by atoms with Crippen LogP contribution in [0, 0.1) is 6.92 Å². The van der Waals surface area contributed by atoms with Crippen LogP contribution in [-0.2, 0) is 11.3 Å². The molecule has 3 heteroatoms. The Morgan fingerprint density at radius 1 is 1.32 bits per heavy atom. The van der Waals surface area contributed by atoms with Crippen LogP contribution in [0.15, 0.2) is 30.3 Å². The van der Waals surface area contributed by atoms with Crippen LogP contribution >= 0.6 is 0 Å². The van der Waals surface area contributed by atoms with Crippen LogP contribution in [0.3, 0.4) is 0 Å². The van der Waals surface area contributed by atoms with Gasteiger partial charge in [0.1, 0.15) is 0 Å². The van der Waals surface area contributed by atoms with E-state index in [-0.39, 0.29) is 0 Å². The fourth-order valence-electron chi connectivity index (χ4n) is 2.85. The molecule has 1 aromatic heterocycles. The zero-order valence-electron chi connectivity index (χ0n) is 11.3. The van der Waals surface area contributed by atoms with Crippen LogP contribution in [0.5, 0.6) is 0 Å². The normalized spacial score (nSPS) is 23.1. The van der Waals surface area contributed by atoms with Gasteiger partial charge in [-0.15, -0.1) is 0 Å². The third-order valence-corrected chi connectivity index (χ3v) is 3.83. The average Bonchev–Trinajstić information content (AvgIpc) is 2.81.